The Balaban J connectivity index is 1.84. The van der Waals surface area contributed by atoms with Gasteiger partial charge in [-0.05, 0) is 26.7 Å². The van der Waals surface area contributed by atoms with Crippen molar-refractivity contribution in [2.24, 2.45) is 7.05 Å². The van der Waals surface area contributed by atoms with E-state index in [1.807, 2.05) is 31.8 Å². The zero-order chi connectivity index (χ0) is 12.4. The van der Waals surface area contributed by atoms with Crippen LogP contribution in [-0.4, -0.2) is 28.3 Å². The minimum absolute atomic E-state index is 0.0113. The molecular formula is C12H20N4O. The predicted octanol–water partition coefficient (Wildman–Crippen LogP) is 0.658. The van der Waals surface area contributed by atoms with Crippen molar-refractivity contribution in [3.8, 4) is 0 Å². The molecule has 1 aliphatic carbocycles. The second-order valence-corrected chi connectivity index (χ2v) is 4.75. The fraction of sp³-hybridized carbons (Fsp3) is 0.667. The molecule has 0 saturated heterocycles. The molecule has 1 unspecified atom stereocenters. The van der Waals surface area contributed by atoms with E-state index in [0.29, 0.717) is 12.6 Å². The molecule has 5 nitrogen and oxygen atoms in total. The maximum Gasteiger partial charge on any atom is 0.234 e. The summed E-state index contributed by atoms with van der Waals surface area (Å²) in [6, 6.07) is 0.577. The predicted molar refractivity (Wildman–Crippen MR) is 65.5 cm³/mol. The van der Waals surface area contributed by atoms with Gasteiger partial charge in [0.1, 0.15) is 0 Å². The number of carbonyl (C=O) groups is 1. The van der Waals surface area contributed by atoms with E-state index >= 15 is 0 Å². The maximum absolute atomic E-state index is 11.7. The fourth-order valence-electron chi connectivity index (χ4n) is 1.84. The average Bonchev–Trinajstić information content (AvgIpc) is 3.04. The lowest BCUT2D eigenvalue weighted by molar-refractivity contribution is -0.120. The third-order valence-electron chi connectivity index (χ3n) is 3.25. The summed E-state index contributed by atoms with van der Waals surface area (Å²) in [5.41, 5.74) is 2.17. The summed E-state index contributed by atoms with van der Waals surface area (Å²) in [5.74, 6) is 0.0488. The highest BCUT2D eigenvalue weighted by Gasteiger charge is 2.22. The van der Waals surface area contributed by atoms with Gasteiger partial charge in [0.25, 0.3) is 0 Å². The van der Waals surface area contributed by atoms with Crippen molar-refractivity contribution in [1.82, 2.24) is 20.4 Å². The molecule has 17 heavy (non-hydrogen) atoms. The standard InChI is InChI=1S/C12H20N4O/c1-8(11-6-14-16(3)9(11)2)15-12(17)7-13-10-4-5-10/h6,8,10,13H,4-5,7H2,1-3H3,(H,15,17). The molecule has 1 heterocycles. The number of carbonyl (C=O) groups excluding carboxylic acids is 1. The molecule has 5 heteroatoms. The van der Waals surface area contributed by atoms with Gasteiger partial charge in [-0.3, -0.25) is 9.48 Å². The van der Waals surface area contributed by atoms with Crippen molar-refractivity contribution < 1.29 is 4.79 Å². The molecule has 1 fully saturated rings. The van der Waals surface area contributed by atoms with Crippen LogP contribution in [0.25, 0.3) is 0 Å². The largest absolute Gasteiger partial charge is 0.348 e. The topological polar surface area (TPSA) is 59.0 Å². The minimum atomic E-state index is 0.0113. The van der Waals surface area contributed by atoms with Crippen LogP contribution in [0.3, 0.4) is 0 Å². The molecule has 1 saturated carbocycles. The van der Waals surface area contributed by atoms with Gasteiger partial charge in [-0.25, -0.2) is 0 Å². The van der Waals surface area contributed by atoms with E-state index < -0.39 is 0 Å². The number of aromatic nitrogens is 2. The molecule has 94 valence electrons. The quantitative estimate of drug-likeness (QED) is 0.789. The van der Waals surface area contributed by atoms with Crippen molar-refractivity contribution in [2.45, 2.75) is 38.8 Å². The normalized spacial score (nSPS) is 16.9. The SMILES string of the molecule is Cc1c(C(C)NC(=O)CNC2CC2)cnn1C. The molecule has 1 amide bonds. The monoisotopic (exact) mass is 236 g/mol. The van der Waals surface area contributed by atoms with E-state index in [2.05, 4.69) is 15.7 Å². The third-order valence-corrected chi connectivity index (χ3v) is 3.25. The molecular weight excluding hydrogens is 216 g/mol. The van der Waals surface area contributed by atoms with Crippen LogP contribution in [0.4, 0.5) is 0 Å². The first-order chi connectivity index (χ1) is 8.08. The van der Waals surface area contributed by atoms with Gasteiger partial charge in [-0.2, -0.15) is 5.10 Å². The summed E-state index contributed by atoms with van der Waals surface area (Å²) in [6.07, 6.45) is 4.21. The molecule has 1 aromatic heterocycles. The molecule has 0 bridgehead atoms. The summed E-state index contributed by atoms with van der Waals surface area (Å²) < 4.78 is 1.82. The molecule has 0 aromatic carbocycles. The van der Waals surface area contributed by atoms with Crippen LogP contribution in [-0.2, 0) is 11.8 Å². The lowest BCUT2D eigenvalue weighted by Gasteiger charge is -2.14. The van der Waals surface area contributed by atoms with E-state index in [9.17, 15) is 4.79 Å². The van der Waals surface area contributed by atoms with E-state index in [-0.39, 0.29) is 11.9 Å². The Hall–Kier alpha value is -1.36. The number of hydrogen-bond acceptors (Lipinski definition) is 3. The van der Waals surface area contributed by atoms with Crippen LogP contribution >= 0.6 is 0 Å². The van der Waals surface area contributed by atoms with Crippen molar-refractivity contribution in [1.29, 1.82) is 0 Å². The van der Waals surface area contributed by atoms with Crippen LogP contribution in [0.5, 0.6) is 0 Å². The summed E-state index contributed by atoms with van der Waals surface area (Å²) >= 11 is 0. The van der Waals surface area contributed by atoms with Crippen molar-refractivity contribution in [3.05, 3.63) is 17.5 Å². The summed E-state index contributed by atoms with van der Waals surface area (Å²) in [6.45, 7) is 4.40. The first-order valence-corrected chi connectivity index (χ1v) is 6.09. The molecule has 1 aromatic rings. The van der Waals surface area contributed by atoms with Gasteiger partial charge in [0.15, 0.2) is 0 Å². The Morgan fingerprint density at radius 1 is 1.65 bits per heavy atom. The Morgan fingerprint density at radius 2 is 2.35 bits per heavy atom. The van der Waals surface area contributed by atoms with Crippen LogP contribution in [0.1, 0.15) is 37.1 Å². The summed E-state index contributed by atoms with van der Waals surface area (Å²) in [4.78, 5) is 11.7. The van der Waals surface area contributed by atoms with E-state index in [0.717, 1.165) is 11.3 Å². The molecule has 2 N–H and O–H groups in total. The smallest absolute Gasteiger partial charge is 0.234 e. The number of nitrogens with one attached hydrogen (secondary N) is 2. The molecule has 0 aliphatic heterocycles. The summed E-state index contributed by atoms with van der Waals surface area (Å²) in [5, 5.41) is 10.4. The Bertz CT molecular complexity index is 409. The first-order valence-electron chi connectivity index (χ1n) is 6.09. The number of nitrogens with zero attached hydrogens (tertiary/aromatic N) is 2. The lowest BCUT2D eigenvalue weighted by atomic mass is 10.1. The zero-order valence-corrected chi connectivity index (χ0v) is 10.7. The van der Waals surface area contributed by atoms with Gasteiger partial charge in [0.2, 0.25) is 5.91 Å². The van der Waals surface area contributed by atoms with Crippen molar-refractivity contribution in [3.63, 3.8) is 0 Å². The molecule has 0 radical (unpaired) electrons. The molecule has 2 rings (SSSR count). The Labute approximate surface area is 102 Å². The summed E-state index contributed by atoms with van der Waals surface area (Å²) in [7, 11) is 1.90. The van der Waals surface area contributed by atoms with Gasteiger partial charge < -0.3 is 10.6 Å². The van der Waals surface area contributed by atoms with Gasteiger partial charge in [-0.1, -0.05) is 0 Å². The van der Waals surface area contributed by atoms with Crippen molar-refractivity contribution in [2.75, 3.05) is 6.54 Å². The average molecular weight is 236 g/mol. The highest BCUT2D eigenvalue weighted by molar-refractivity contribution is 5.78. The van der Waals surface area contributed by atoms with Gasteiger partial charge >= 0.3 is 0 Å². The van der Waals surface area contributed by atoms with Crippen LogP contribution in [0.2, 0.25) is 0 Å². The molecule has 1 aliphatic rings. The third kappa shape index (κ3) is 3.06. The van der Waals surface area contributed by atoms with Crippen LogP contribution < -0.4 is 10.6 Å². The van der Waals surface area contributed by atoms with Gasteiger partial charge in [-0.15, -0.1) is 0 Å². The van der Waals surface area contributed by atoms with Crippen LogP contribution in [0, 0.1) is 6.92 Å². The number of amides is 1. The van der Waals surface area contributed by atoms with Crippen LogP contribution in [0.15, 0.2) is 6.20 Å². The Kier molecular flexibility index (Phi) is 3.47. The first kappa shape index (κ1) is 12.1. The molecule has 0 spiro atoms. The second kappa shape index (κ2) is 4.87. The Morgan fingerprint density at radius 3 is 2.88 bits per heavy atom. The van der Waals surface area contributed by atoms with Crippen molar-refractivity contribution >= 4 is 5.91 Å². The number of rotatable bonds is 5. The highest BCUT2D eigenvalue weighted by atomic mass is 16.1. The highest BCUT2D eigenvalue weighted by Crippen LogP contribution is 2.18. The lowest BCUT2D eigenvalue weighted by Crippen LogP contribution is -2.36. The van der Waals surface area contributed by atoms with E-state index in [1.54, 1.807) is 0 Å². The fourth-order valence-corrected chi connectivity index (χ4v) is 1.84. The van der Waals surface area contributed by atoms with Gasteiger partial charge in [0.05, 0.1) is 18.8 Å². The van der Waals surface area contributed by atoms with E-state index in [1.165, 1.54) is 12.8 Å². The minimum Gasteiger partial charge on any atom is -0.348 e. The number of aryl methyl sites for hydroxylation is 1. The van der Waals surface area contributed by atoms with E-state index in [4.69, 9.17) is 0 Å². The number of hydrogen-bond donors (Lipinski definition) is 2. The maximum atomic E-state index is 11.7. The second-order valence-electron chi connectivity index (χ2n) is 4.75. The van der Waals surface area contributed by atoms with Gasteiger partial charge in [0, 0.05) is 24.3 Å². The zero-order valence-electron chi connectivity index (χ0n) is 10.7. The molecule has 1 atom stereocenters.